The molecule has 0 spiro atoms. The molecule has 1 aromatic carbocycles. The van der Waals surface area contributed by atoms with E-state index in [1.54, 1.807) is 0 Å². The van der Waals surface area contributed by atoms with Crippen molar-refractivity contribution in [3.63, 3.8) is 0 Å². The minimum Gasteiger partial charge on any atom is -0.396 e. The molecule has 0 heterocycles. The SMILES string of the molecule is CC(CO)c1ccccc1.CCCC(C)CO.CCCCCCC(C)O. The second kappa shape index (κ2) is 20.4. The molecule has 0 amide bonds. The van der Waals surface area contributed by atoms with E-state index in [1.165, 1.54) is 37.7 Å². The molecule has 0 aliphatic carbocycles. The van der Waals surface area contributed by atoms with Gasteiger partial charge in [0.2, 0.25) is 0 Å². The van der Waals surface area contributed by atoms with Crippen LogP contribution in [0.15, 0.2) is 30.3 Å². The highest BCUT2D eigenvalue weighted by atomic mass is 16.3. The molecule has 0 aromatic heterocycles. The van der Waals surface area contributed by atoms with Crippen molar-refractivity contribution < 1.29 is 15.3 Å². The Morgan fingerprint density at radius 1 is 0.769 bits per heavy atom. The summed E-state index contributed by atoms with van der Waals surface area (Å²) in [7, 11) is 0. The highest BCUT2D eigenvalue weighted by molar-refractivity contribution is 5.18. The number of hydrogen-bond donors (Lipinski definition) is 3. The van der Waals surface area contributed by atoms with Gasteiger partial charge < -0.3 is 15.3 Å². The molecule has 3 nitrogen and oxygen atoms in total. The van der Waals surface area contributed by atoms with Crippen molar-refractivity contribution in [2.45, 2.75) is 91.6 Å². The van der Waals surface area contributed by atoms with E-state index in [4.69, 9.17) is 15.3 Å². The molecule has 0 bridgehead atoms. The molecule has 0 aliphatic rings. The molecule has 0 saturated heterocycles. The highest BCUT2D eigenvalue weighted by Crippen LogP contribution is 2.12. The fraction of sp³-hybridized carbons (Fsp3) is 0.739. The fourth-order valence-electron chi connectivity index (χ4n) is 2.34. The van der Waals surface area contributed by atoms with Gasteiger partial charge in [-0.25, -0.2) is 0 Å². The van der Waals surface area contributed by atoms with Gasteiger partial charge in [0, 0.05) is 19.1 Å². The molecule has 3 unspecified atom stereocenters. The fourth-order valence-corrected chi connectivity index (χ4v) is 2.34. The minimum absolute atomic E-state index is 0.0955. The lowest BCUT2D eigenvalue weighted by molar-refractivity contribution is 0.180. The molecule has 0 saturated carbocycles. The Balaban J connectivity index is 0. The summed E-state index contributed by atoms with van der Waals surface area (Å²) in [6.07, 6.45) is 8.26. The molecule has 1 aromatic rings. The summed E-state index contributed by atoms with van der Waals surface area (Å²) < 4.78 is 0. The average Bonchev–Trinajstić information content (AvgIpc) is 2.66. The Kier molecular flexibility index (Phi) is 21.4. The maximum atomic E-state index is 8.85. The number of aliphatic hydroxyl groups excluding tert-OH is 3. The Bertz CT molecular complexity index is 365. The Morgan fingerprint density at radius 2 is 1.38 bits per heavy atom. The quantitative estimate of drug-likeness (QED) is 0.475. The van der Waals surface area contributed by atoms with Crippen LogP contribution in [-0.2, 0) is 0 Å². The molecular weight excluding hydrogens is 324 g/mol. The molecule has 0 aliphatic heterocycles. The van der Waals surface area contributed by atoms with Gasteiger partial charge in [-0.2, -0.15) is 0 Å². The van der Waals surface area contributed by atoms with E-state index in [0.717, 1.165) is 12.8 Å². The zero-order valence-electron chi connectivity index (χ0n) is 17.8. The lowest BCUT2D eigenvalue weighted by atomic mass is 10.0. The summed E-state index contributed by atoms with van der Waals surface area (Å²) in [5.41, 5.74) is 1.20. The molecule has 1 rings (SSSR count). The van der Waals surface area contributed by atoms with E-state index in [2.05, 4.69) is 20.8 Å². The molecule has 26 heavy (non-hydrogen) atoms. The molecule has 154 valence electrons. The summed E-state index contributed by atoms with van der Waals surface area (Å²) >= 11 is 0. The summed E-state index contributed by atoms with van der Waals surface area (Å²) in [6, 6.07) is 10.0. The average molecular weight is 369 g/mol. The van der Waals surface area contributed by atoms with Crippen molar-refractivity contribution in [1.29, 1.82) is 0 Å². The second-order valence-corrected chi connectivity index (χ2v) is 7.27. The Hall–Kier alpha value is -0.900. The van der Waals surface area contributed by atoms with Crippen LogP contribution in [0.1, 0.15) is 91.0 Å². The van der Waals surface area contributed by atoms with Crippen molar-refractivity contribution in [2.24, 2.45) is 5.92 Å². The molecular formula is C23H44O3. The normalized spacial score (nSPS) is 13.5. The van der Waals surface area contributed by atoms with Gasteiger partial charge in [0.25, 0.3) is 0 Å². The van der Waals surface area contributed by atoms with Crippen molar-refractivity contribution in [2.75, 3.05) is 13.2 Å². The summed E-state index contributed by atoms with van der Waals surface area (Å²) in [5, 5.41) is 26.1. The minimum atomic E-state index is -0.0955. The van der Waals surface area contributed by atoms with Crippen molar-refractivity contribution in [1.82, 2.24) is 0 Å². The van der Waals surface area contributed by atoms with Gasteiger partial charge in [0.1, 0.15) is 0 Å². The van der Waals surface area contributed by atoms with Gasteiger partial charge in [-0.15, -0.1) is 0 Å². The predicted octanol–water partition coefficient (Wildman–Crippen LogP) is 5.53. The topological polar surface area (TPSA) is 60.7 Å². The molecule has 3 N–H and O–H groups in total. The monoisotopic (exact) mass is 368 g/mol. The van der Waals surface area contributed by atoms with Crippen LogP contribution >= 0.6 is 0 Å². The number of benzene rings is 1. The van der Waals surface area contributed by atoms with Crippen molar-refractivity contribution in [3.8, 4) is 0 Å². The Labute approximate surface area is 162 Å². The van der Waals surface area contributed by atoms with Gasteiger partial charge in [0.05, 0.1) is 6.10 Å². The molecule has 0 radical (unpaired) electrons. The number of unbranched alkanes of at least 4 members (excludes halogenated alkanes) is 3. The van der Waals surface area contributed by atoms with Gasteiger partial charge in [-0.3, -0.25) is 0 Å². The first kappa shape index (κ1) is 27.3. The highest BCUT2D eigenvalue weighted by Gasteiger charge is 2.00. The Morgan fingerprint density at radius 3 is 1.77 bits per heavy atom. The van der Waals surface area contributed by atoms with Crippen LogP contribution in [-0.4, -0.2) is 34.6 Å². The molecule has 3 heteroatoms. The second-order valence-electron chi connectivity index (χ2n) is 7.27. The van der Waals surface area contributed by atoms with Gasteiger partial charge in [-0.1, -0.05) is 90.1 Å². The first-order chi connectivity index (χ1) is 12.4. The van der Waals surface area contributed by atoms with Crippen LogP contribution in [0.25, 0.3) is 0 Å². The smallest absolute Gasteiger partial charge is 0.0512 e. The van der Waals surface area contributed by atoms with E-state index in [0.29, 0.717) is 12.5 Å². The van der Waals surface area contributed by atoms with Crippen LogP contribution < -0.4 is 0 Å². The third kappa shape index (κ3) is 19.4. The third-order valence-corrected chi connectivity index (χ3v) is 4.21. The van der Waals surface area contributed by atoms with Crippen LogP contribution in [0.5, 0.6) is 0 Å². The van der Waals surface area contributed by atoms with Crippen LogP contribution in [0, 0.1) is 5.92 Å². The van der Waals surface area contributed by atoms with E-state index in [1.807, 2.05) is 44.2 Å². The predicted molar refractivity (Wildman–Crippen MR) is 114 cm³/mol. The van der Waals surface area contributed by atoms with Crippen LogP contribution in [0.3, 0.4) is 0 Å². The maximum absolute atomic E-state index is 8.85. The number of aliphatic hydroxyl groups is 3. The first-order valence-electron chi connectivity index (χ1n) is 10.4. The summed E-state index contributed by atoms with van der Waals surface area (Å²) in [4.78, 5) is 0. The van der Waals surface area contributed by atoms with Gasteiger partial charge in [0.15, 0.2) is 0 Å². The summed E-state index contributed by atoms with van der Waals surface area (Å²) in [5.74, 6) is 0.770. The zero-order valence-corrected chi connectivity index (χ0v) is 17.8. The lowest BCUT2D eigenvalue weighted by Gasteiger charge is -2.05. The molecule has 0 fully saturated rings. The lowest BCUT2D eigenvalue weighted by Crippen LogP contribution is -1.98. The van der Waals surface area contributed by atoms with E-state index in [9.17, 15) is 0 Å². The van der Waals surface area contributed by atoms with E-state index >= 15 is 0 Å². The summed E-state index contributed by atoms with van der Waals surface area (Å²) in [6.45, 7) is 10.8. The maximum Gasteiger partial charge on any atom is 0.0512 e. The van der Waals surface area contributed by atoms with E-state index in [-0.39, 0.29) is 18.6 Å². The van der Waals surface area contributed by atoms with Crippen molar-refractivity contribution >= 4 is 0 Å². The number of hydrogen-bond acceptors (Lipinski definition) is 3. The van der Waals surface area contributed by atoms with E-state index < -0.39 is 0 Å². The largest absolute Gasteiger partial charge is 0.396 e. The first-order valence-corrected chi connectivity index (χ1v) is 10.4. The van der Waals surface area contributed by atoms with Crippen molar-refractivity contribution in [3.05, 3.63) is 35.9 Å². The third-order valence-electron chi connectivity index (χ3n) is 4.21. The van der Waals surface area contributed by atoms with Gasteiger partial charge >= 0.3 is 0 Å². The van der Waals surface area contributed by atoms with Crippen LogP contribution in [0.2, 0.25) is 0 Å². The van der Waals surface area contributed by atoms with Crippen LogP contribution in [0.4, 0.5) is 0 Å². The van der Waals surface area contributed by atoms with Gasteiger partial charge in [-0.05, 0) is 31.2 Å². The molecule has 3 atom stereocenters. The number of rotatable bonds is 10. The standard InChI is InChI=1S/C9H12O.C8H18O.C6H14O/c1-8(7-10)9-5-3-2-4-6-9;1-3-4-5-6-7-8(2)9;1-3-4-6(2)5-7/h2-6,8,10H,7H2,1H3;8-9H,3-7H2,1-2H3;6-7H,3-5H2,1-2H3. The zero-order chi connectivity index (χ0) is 20.2.